The third-order valence-electron chi connectivity index (χ3n) is 3.92. The highest BCUT2D eigenvalue weighted by Gasteiger charge is 2.21. The van der Waals surface area contributed by atoms with Gasteiger partial charge in [0.2, 0.25) is 6.79 Å². The summed E-state index contributed by atoms with van der Waals surface area (Å²) in [4.78, 5) is 2.54. The van der Waals surface area contributed by atoms with E-state index in [0.29, 0.717) is 18.8 Å². The normalized spacial score (nSPS) is 27.3. The summed E-state index contributed by atoms with van der Waals surface area (Å²) >= 11 is 0. The molecule has 19 heavy (non-hydrogen) atoms. The molecular weight excluding hydrogens is 240 g/mol. The van der Waals surface area contributed by atoms with E-state index in [1.54, 1.807) is 0 Å². The van der Waals surface area contributed by atoms with Crippen molar-refractivity contribution in [3.05, 3.63) is 23.8 Å². The van der Waals surface area contributed by atoms with Crippen molar-refractivity contribution >= 4 is 0 Å². The Kier molecular flexibility index (Phi) is 3.62. The van der Waals surface area contributed by atoms with Gasteiger partial charge in [-0.25, -0.2) is 0 Å². The Hall–Kier alpha value is -1.26. The van der Waals surface area contributed by atoms with Crippen LogP contribution in [0.3, 0.4) is 0 Å². The molecule has 2 heterocycles. The molecule has 0 bridgehead atoms. The number of nitrogens with one attached hydrogen (secondary N) is 1. The summed E-state index contributed by atoms with van der Waals surface area (Å²) in [6.45, 7) is 9.23. The third-order valence-corrected chi connectivity index (χ3v) is 3.92. The molecule has 0 radical (unpaired) electrons. The Bertz CT molecular complexity index is 450. The van der Waals surface area contributed by atoms with E-state index < -0.39 is 0 Å². The van der Waals surface area contributed by atoms with Gasteiger partial charge in [-0.3, -0.25) is 4.90 Å². The van der Waals surface area contributed by atoms with Gasteiger partial charge in [0, 0.05) is 25.7 Å². The van der Waals surface area contributed by atoms with E-state index in [1.165, 1.54) is 5.56 Å². The molecule has 4 nitrogen and oxygen atoms in total. The van der Waals surface area contributed by atoms with Crippen molar-refractivity contribution in [3.63, 3.8) is 0 Å². The first-order valence-corrected chi connectivity index (χ1v) is 7.05. The smallest absolute Gasteiger partial charge is 0.231 e. The molecule has 2 aliphatic heterocycles. The average molecular weight is 262 g/mol. The second kappa shape index (κ2) is 5.39. The maximum Gasteiger partial charge on any atom is 0.231 e. The van der Waals surface area contributed by atoms with Gasteiger partial charge in [0.15, 0.2) is 11.5 Å². The van der Waals surface area contributed by atoms with Crippen LogP contribution in [0.4, 0.5) is 0 Å². The van der Waals surface area contributed by atoms with Gasteiger partial charge in [-0.15, -0.1) is 0 Å². The zero-order valence-corrected chi connectivity index (χ0v) is 11.7. The highest BCUT2D eigenvalue weighted by molar-refractivity contribution is 5.44. The summed E-state index contributed by atoms with van der Waals surface area (Å²) in [5.74, 6) is 2.44. The molecule has 1 N–H and O–H groups in total. The molecule has 1 aromatic rings. The van der Waals surface area contributed by atoms with E-state index in [2.05, 4.69) is 36.2 Å². The Morgan fingerprint density at radius 1 is 1.21 bits per heavy atom. The van der Waals surface area contributed by atoms with Crippen LogP contribution < -0.4 is 14.8 Å². The first kappa shape index (κ1) is 12.8. The van der Waals surface area contributed by atoms with Gasteiger partial charge in [-0.2, -0.15) is 0 Å². The molecular formula is C15H22N2O2. The van der Waals surface area contributed by atoms with E-state index in [4.69, 9.17) is 9.47 Å². The van der Waals surface area contributed by atoms with E-state index in [9.17, 15) is 0 Å². The molecule has 0 amide bonds. The molecule has 0 aromatic heterocycles. The number of hydrogen-bond acceptors (Lipinski definition) is 4. The number of benzene rings is 1. The predicted octanol–water partition coefficient (Wildman–Crippen LogP) is 1.85. The summed E-state index contributed by atoms with van der Waals surface area (Å²) in [7, 11) is 0. The molecule has 0 spiro atoms. The van der Waals surface area contributed by atoms with Crippen molar-refractivity contribution in [2.75, 3.05) is 26.4 Å². The van der Waals surface area contributed by atoms with Crippen LogP contribution in [-0.2, 0) is 6.54 Å². The molecule has 2 aliphatic rings. The van der Waals surface area contributed by atoms with Crippen LogP contribution in [0.15, 0.2) is 18.2 Å². The second-order valence-corrected chi connectivity index (χ2v) is 5.73. The Labute approximate surface area is 114 Å². The maximum atomic E-state index is 5.45. The Morgan fingerprint density at radius 3 is 2.95 bits per heavy atom. The predicted molar refractivity (Wildman–Crippen MR) is 74.5 cm³/mol. The maximum absolute atomic E-state index is 5.45. The lowest BCUT2D eigenvalue weighted by Crippen LogP contribution is -2.37. The number of fused-ring (bicyclic) bond motifs is 1. The topological polar surface area (TPSA) is 33.7 Å². The fourth-order valence-corrected chi connectivity index (χ4v) is 2.81. The zero-order valence-electron chi connectivity index (χ0n) is 11.7. The fraction of sp³-hybridized carbons (Fsp3) is 0.600. The van der Waals surface area contributed by atoms with Crippen LogP contribution in [0.1, 0.15) is 19.4 Å². The van der Waals surface area contributed by atoms with Crippen molar-refractivity contribution in [1.82, 2.24) is 10.2 Å². The molecule has 1 aromatic carbocycles. The van der Waals surface area contributed by atoms with Gasteiger partial charge in [0.1, 0.15) is 0 Å². The van der Waals surface area contributed by atoms with Crippen molar-refractivity contribution in [2.45, 2.75) is 26.4 Å². The monoisotopic (exact) mass is 262 g/mol. The van der Waals surface area contributed by atoms with Crippen molar-refractivity contribution in [1.29, 1.82) is 0 Å². The first-order chi connectivity index (χ1) is 9.22. The highest BCUT2D eigenvalue weighted by atomic mass is 16.7. The Morgan fingerprint density at radius 2 is 2.05 bits per heavy atom. The summed E-state index contributed by atoms with van der Waals surface area (Å²) in [5, 5.41) is 3.52. The summed E-state index contributed by atoms with van der Waals surface area (Å²) in [5.41, 5.74) is 1.30. The summed E-state index contributed by atoms with van der Waals surface area (Å²) in [6.07, 6.45) is 0. The van der Waals surface area contributed by atoms with Gasteiger partial charge in [-0.05, 0) is 37.1 Å². The molecule has 1 fully saturated rings. The lowest BCUT2D eigenvalue weighted by molar-refractivity contribution is 0.173. The quantitative estimate of drug-likeness (QED) is 0.882. The van der Waals surface area contributed by atoms with Crippen molar-refractivity contribution in [2.24, 2.45) is 5.92 Å². The van der Waals surface area contributed by atoms with Gasteiger partial charge < -0.3 is 14.8 Å². The largest absolute Gasteiger partial charge is 0.454 e. The number of ether oxygens (including phenoxy) is 2. The molecule has 0 aliphatic carbocycles. The lowest BCUT2D eigenvalue weighted by atomic mass is 10.1. The minimum absolute atomic E-state index is 0.347. The summed E-state index contributed by atoms with van der Waals surface area (Å²) in [6, 6.07) is 6.83. The molecule has 2 unspecified atom stereocenters. The van der Waals surface area contributed by atoms with Gasteiger partial charge >= 0.3 is 0 Å². The van der Waals surface area contributed by atoms with Crippen LogP contribution in [-0.4, -0.2) is 37.4 Å². The average Bonchev–Trinajstić information content (AvgIpc) is 2.79. The minimum Gasteiger partial charge on any atom is -0.454 e. The van der Waals surface area contributed by atoms with E-state index in [-0.39, 0.29) is 0 Å². The molecule has 1 saturated heterocycles. The lowest BCUT2D eigenvalue weighted by Gasteiger charge is -2.28. The standard InChI is InChI=1S/C15H22N2O2/c1-11-6-16-7-12(2)17(8-11)9-13-3-4-14-15(5-13)19-10-18-14/h3-5,11-12,16H,6-10H2,1-2H3. The van der Waals surface area contributed by atoms with Gasteiger partial charge in [0.05, 0.1) is 0 Å². The van der Waals surface area contributed by atoms with E-state index in [1.807, 2.05) is 6.07 Å². The first-order valence-electron chi connectivity index (χ1n) is 7.05. The molecule has 0 saturated carbocycles. The third kappa shape index (κ3) is 2.85. The molecule has 3 rings (SSSR count). The SMILES string of the molecule is CC1CNCC(C)N(Cc2ccc3c(c2)OCO3)C1. The van der Waals surface area contributed by atoms with E-state index in [0.717, 1.165) is 37.7 Å². The molecule has 4 heteroatoms. The fourth-order valence-electron chi connectivity index (χ4n) is 2.81. The zero-order chi connectivity index (χ0) is 13.2. The van der Waals surface area contributed by atoms with Crippen LogP contribution in [0, 0.1) is 5.92 Å². The van der Waals surface area contributed by atoms with Crippen LogP contribution >= 0.6 is 0 Å². The van der Waals surface area contributed by atoms with Gasteiger partial charge in [-0.1, -0.05) is 13.0 Å². The van der Waals surface area contributed by atoms with E-state index >= 15 is 0 Å². The Balaban J connectivity index is 1.72. The van der Waals surface area contributed by atoms with Crippen molar-refractivity contribution in [3.8, 4) is 11.5 Å². The summed E-state index contributed by atoms with van der Waals surface area (Å²) < 4.78 is 10.8. The van der Waals surface area contributed by atoms with Crippen LogP contribution in [0.5, 0.6) is 11.5 Å². The number of nitrogens with zero attached hydrogens (tertiary/aromatic N) is 1. The van der Waals surface area contributed by atoms with Crippen molar-refractivity contribution < 1.29 is 9.47 Å². The highest BCUT2D eigenvalue weighted by Crippen LogP contribution is 2.33. The van der Waals surface area contributed by atoms with Crippen LogP contribution in [0.25, 0.3) is 0 Å². The molecule has 2 atom stereocenters. The molecule has 104 valence electrons. The van der Waals surface area contributed by atoms with Crippen LogP contribution in [0.2, 0.25) is 0 Å². The van der Waals surface area contributed by atoms with Gasteiger partial charge in [0.25, 0.3) is 0 Å². The number of rotatable bonds is 2. The number of hydrogen-bond donors (Lipinski definition) is 1. The second-order valence-electron chi connectivity index (χ2n) is 5.73. The minimum atomic E-state index is 0.347.